The molecule has 1 aromatic carbocycles. The van der Waals surface area contributed by atoms with E-state index in [1.165, 1.54) is 6.92 Å². The normalized spacial score (nSPS) is 10.6. The number of hydrogen-bond donors (Lipinski definition) is 1. The lowest BCUT2D eigenvalue weighted by molar-refractivity contribution is 0.0686. The number of aromatic nitrogens is 2. The van der Waals surface area contributed by atoms with Crippen molar-refractivity contribution in [2.24, 2.45) is 0 Å². The van der Waals surface area contributed by atoms with E-state index in [0.717, 1.165) is 16.8 Å². The zero-order chi connectivity index (χ0) is 15.0. The van der Waals surface area contributed by atoms with Crippen molar-refractivity contribution in [2.45, 2.75) is 6.92 Å². The van der Waals surface area contributed by atoms with Crippen molar-refractivity contribution < 1.29 is 18.7 Å². The molecule has 1 N–H and O–H groups in total. The molecule has 20 heavy (non-hydrogen) atoms. The second-order valence-corrected chi connectivity index (χ2v) is 4.79. The fourth-order valence-electron chi connectivity index (χ4n) is 1.61. The van der Waals surface area contributed by atoms with Gasteiger partial charge < -0.3 is 5.11 Å². The van der Waals surface area contributed by atoms with E-state index >= 15 is 0 Å². The Labute approximate surface area is 119 Å². The third kappa shape index (κ3) is 2.46. The van der Waals surface area contributed by atoms with Gasteiger partial charge >= 0.3 is 5.97 Å². The van der Waals surface area contributed by atoms with Gasteiger partial charge in [-0.15, -0.1) is 0 Å². The van der Waals surface area contributed by atoms with E-state index in [1.807, 2.05) is 0 Å². The second-order valence-electron chi connectivity index (χ2n) is 3.93. The summed E-state index contributed by atoms with van der Waals surface area (Å²) in [6, 6.07) is 2.77. The third-order valence-corrected chi connectivity index (χ3v) is 3.14. The average Bonchev–Trinajstić information content (AvgIpc) is 2.34. The molecule has 0 aliphatic rings. The highest BCUT2D eigenvalue weighted by atomic mass is 79.9. The first kappa shape index (κ1) is 14.3. The Hall–Kier alpha value is -2.09. The molecule has 0 saturated heterocycles. The molecular weight excluding hydrogens is 338 g/mol. The molecular formula is C12H7BrF2N2O3. The van der Waals surface area contributed by atoms with Gasteiger partial charge in [-0.2, -0.15) is 5.10 Å². The summed E-state index contributed by atoms with van der Waals surface area (Å²) in [4.78, 5) is 22.3. The number of carbonyl (C=O) groups is 1. The Balaban J connectivity index is 2.76. The lowest BCUT2D eigenvalue weighted by atomic mass is 10.2. The van der Waals surface area contributed by atoms with Crippen LogP contribution in [0, 0.1) is 18.6 Å². The van der Waals surface area contributed by atoms with E-state index in [9.17, 15) is 18.4 Å². The summed E-state index contributed by atoms with van der Waals surface area (Å²) in [6.45, 7) is 1.46. The summed E-state index contributed by atoms with van der Waals surface area (Å²) in [6.07, 6.45) is 0. The number of halogens is 3. The van der Waals surface area contributed by atoms with Crippen LogP contribution in [0.15, 0.2) is 27.5 Å². The number of rotatable bonds is 2. The molecule has 0 spiro atoms. The van der Waals surface area contributed by atoms with Crippen LogP contribution in [0.2, 0.25) is 0 Å². The Morgan fingerprint density at radius 3 is 2.55 bits per heavy atom. The van der Waals surface area contributed by atoms with Crippen LogP contribution in [-0.4, -0.2) is 20.9 Å². The van der Waals surface area contributed by atoms with Crippen molar-refractivity contribution >= 4 is 21.9 Å². The van der Waals surface area contributed by atoms with E-state index in [2.05, 4.69) is 21.0 Å². The SMILES string of the molecule is Cc1cc(=O)c(C(=O)O)nn1-c1cc(Br)c(F)cc1F. The molecule has 0 aliphatic carbocycles. The molecule has 8 heteroatoms. The number of carboxylic acids is 1. The van der Waals surface area contributed by atoms with Crippen molar-refractivity contribution in [3.63, 3.8) is 0 Å². The van der Waals surface area contributed by atoms with E-state index in [4.69, 9.17) is 5.11 Å². The summed E-state index contributed by atoms with van der Waals surface area (Å²) < 4.78 is 27.9. The molecule has 0 fully saturated rings. The minimum atomic E-state index is -1.52. The van der Waals surface area contributed by atoms with Crippen LogP contribution in [-0.2, 0) is 0 Å². The largest absolute Gasteiger partial charge is 0.476 e. The second kappa shape index (κ2) is 5.12. The van der Waals surface area contributed by atoms with Crippen molar-refractivity contribution in [1.29, 1.82) is 0 Å². The van der Waals surface area contributed by atoms with Gasteiger partial charge in [0.25, 0.3) is 0 Å². The predicted octanol–water partition coefficient (Wildman–Crippen LogP) is 2.28. The quantitative estimate of drug-likeness (QED) is 0.848. The van der Waals surface area contributed by atoms with E-state index in [-0.39, 0.29) is 15.9 Å². The van der Waals surface area contributed by atoms with Gasteiger partial charge in [0, 0.05) is 17.8 Å². The third-order valence-electron chi connectivity index (χ3n) is 2.53. The Morgan fingerprint density at radius 2 is 1.95 bits per heavy atom. The maximum atomic E-state index is 13.8. The lowest BCUT2D eigenvalue weighted by Crippen LogP contribution is -2.23. The van der Waals surface area contributed by atoms with Gasteiger partial charge in [-0.1, -0.05) is 0 Å². The molecule has 0 bridgehead atoms. The average molecular weight is 345 g/mol. The molecule has 2 aromatic rings. The van der Waals surface area contributed by atoms with Gasteiger partial charge in [0.1, 0.15) is 11.5 Å². The fourth-order valence-corrected chi connectivity index (χ4v) is 1.95. The zero-order valence-corrected chi connectivity index (χ0v) is 11.6. The van der Waals surface area contributed by atoms with Gasteiger partial charge in [0.15, 0.2) is 5.82 Å². The predicted molar refractivity (Wildman–Crippen MR) is 69.1 cm³/mol. The summed E-state index contributed by atoms with van der Waals surface area (Å²) >= 11 is 2.90. The van der Waals surface area contributed by atoms with E-state index in [0.29, 0.717) is 6.07 Å². The summed E-state index contributed by atoms with van der Waals surface area (Å²) in [5.74, 6) is -3.25. The molecule has 0 aliphatic heterocycles. The van der Waals surface area contributed by atoms with Crippen molar-refractivity contribution in [2.75, 3.05) is 0 Å². The Kier molecular flexibility index (Phi) is 3.67. The van der Waals surface area contributed by atoms with Crippen molar-refractivity contribution in [3.8, 4) is 5.69 Å². The molecule has 0 saturated carbocycles. The Bertz CT molecular complexity index is 774. The number of hydrogen-bond acceptors (Lipinski definition) is 3. The van der Waals surface area contributed by atoms with Crippen LogP contribution in [0.1, 0.15) is 16.2 Å². The van der Waals surface area contributed by atoms with Gasteiger partial charge in [0.2, 0.25) is 11.1 Å². The first-order valence-corrected chi connectivity index (χ1v) is 6.09. The van der Waals surface area contributed by atoms with Gasteiger partial charge in [-0.3, -0.25) is 4.79 Å². The minimum absolute atomic E-state index is 0.00863. The van der Waals surface area contributed by atoms with Crippen LogP contribution in [0.5, 0.6) is 0 Å². The maximum Gasteiger partial charge on any atom is 0.360 e. The Morgan fingerprint density at radius 1 is 1.30 bits per heavy atom. The highest BCUT2D eigenvalue weighted by molar-refractivity contribution is 9.10. The first-order chi connectivity index (χ1) is 9.31. The van der Waals surface area contributed by atoms with Crippen LogP contribution >= 0.6 is 15.9 Å². The topological polar surface area (TPSA) is 72.2 Å². The summed E-state index contributed by atoms with van der Waals surface area (Å²) in [5, 5.41) is 12.5. The molecule has 1 heterocycles. The van der Waals surface area contributed by atoms with Crippen LogP contribution in [0.4, 0.5) is 8.78 Å². The molecule has 5 nitrogen and oxygen atoms in total. The number of nitrogens with zero attached hydrogens (tertiary/aromatic N) is 2. The highest BCUT2D eigenvalue weighted by Crippen LogP contribution is 2.23. The number of aromatic carboxylic acids is 1. The van der Waals surface area contributed by atoms with Gasteiger partial charge in [0.05, 0.1) is 4.47 Å². The first-order valence-electron chi connectivity index (χ1n) is 5.30. The summed E-state index contributed by atoms with van der Waals surface area (Å²) in [7, 11) is 0. The van der Waals surface area contributed by atoms with Gasteiger partial charge in [-0.25, -0.2) is 18.3 Å². The van der Waals surface area contributed by atoms with E-state index in [1.54, 1.807) is 0 Å². The van der Waals surface area contributed by atoms with Crippen LogP contribution in [0.3, 0.4) is 0 Å². The van der Waals surface area contributed by atoms with Crippen molar-refractivity contribution in [1.82, 2.24) is 9.78 Å². The van der Waals surface area contributed by atoms with E-state index < -0.39 is 28.7 Å². The molecule has 0 radical (unpaired) electrons. The standard InChI is InChI=1S/C12H7BrF2N2O3/c1-5-2-10(18)11(12(19)20)16-17(5)9-3-6(13)7(14)4-8(9)15/h2-4H,1H3,(H,19,20). The highest BCUT2D eigenvalue weighted by Gasteiger charge is 2.17. The minimum Gasteiger partial charge on any atom is -0.476 e. The van der Waals surface area contributed by atoms with Gasteiger partial charge in [-0.05, 0) is 28.9 Å². The molecule has 104 valence electrons. The monoisotopic (exact) mass is 344 g/mol. The number of carboxylic acid groups (broad SMARTS) is 1. The fraction of sp³-hybridized carbons (Fsp3) is 0.0833. The maximum absolute atomic E-state index is 13.8. The number of aryl methyl sites for hydroxylation is 1. The molecule has 0 amide bonds. The van der Waals surface area contributed by atoms with Crippen LogP contribution < -0.4 is 5.43 Å². The van der Waals surface area contributed by atoms with Crippen molar-refractivity contribution in [3.05, 3.63) is 55.9 Å². The number of benzene rings is 1. The molecule has 2 rings (SSSR count). The molecule has 1 aromatic heterocycles. The smallest absolute Gasteiger partial charge is 0.360 e. The molecule has 0 unspecified atom stereocenters. The zero-order valence-electron chi connectivity index (χ0n) is 10.0. The lowest BCUT2D eigenvalue weighted by Gasteiger charge is -2.11. The molecule has 0 atom stereocenters. The summed E-state index contributed by atoms with van der Waals surface area (Å²) in [5.41, 5.74) is -1.47. The van der Waals surface area contributed by atoms with Crippen LogP contribution in [0.25, 0.3) is 5.69 Å².